The van der Waals surface area contributed by atoms with E-state index >= 15 is 0 Å². The first-order chi connectivity index (χ1) is 12.6. The Balaban J connectivity index is 1.90. The Morgan fingerprint density at radius 2 is 1.15 bits per heavy atom. The summed E-state index contributed by atoms with van der Waals surface area (Å²) in [4.78, 5) is 13.8. The minimum Gasteiger partial charge on any atom is -0.423 e. The van der Waals surface area contributed by atoms with E-state index < -0.39 is 0 Å². The number of rotatable bonds is 3. The van der Waals surface area contributed by atoms with Gasteiger partial charge in [0.15, 0.2) is 0 Å². The fourth-order valence-corrected chi connectivity index (χ4v) is 3.02. The van der Waals surface area contributed by atoms with Crippen molar-refractivity contribution >= 4 is 28.0 Å². The van der Waals surface area contributed by atoms with Crippen molar-refractivity contribution in [3.63, 3.8) is 0 Å². The molecule has 1 aromatic heterocycles. The molecular formula is C23H19NO2. The highest BCUT2D eigenvalue weighted by Crippen LogP contribution is 2.35. The largest absolute Gasteiger partial charge is 0.423 e. The molecule has 26 heavy (non-hydrogen) atoms. The third-order valence-corrected chi connectivity index (χ3v) is 4.45. The molecule has 0 saturated carbocycles. The number of fused-ring (bicyclic) bond motifs is 1. The van der Waals surface area contributed by atoms with E-state index in [1.165, 1.54) is 17.2 Å². The first kappa shape index (κ1) is 16.2. The van der Waals surface area contributed by atoms with Gasteiger partial charge in [0.25, 0.3) is 0 Å². The van der Waals surface area contributed by atoms with Crippen LogP contribution in [0.2, 0.25) is 0 Å². The fourth-order valence-electron chi connectivity index (χ4n) is 3.02. The van der Waals surface area contributed by atoms with Crippen LogP contribution in [0.3, 0.4) is 0 Å². The van der Waals surface area contributed by atoms with Gasteiger partial charge in [0.1, 0.15) is 5.58 Å². The van der Waals surface area contributed by atoms with Gasteiger partial charge in [-0.1, -0.05) is 35.4 Å². The Bertz CT molecular complexity index is 1060. The molecule has 0 aliphatic heterocycles. The zero-order valence-corrected chi connectivity index (χ0v) is 14.8. The maximum atomic E-state index is 11.6. The summed E-state index contributed by atoms with van der Waals surface area (Å²) in [5.74, 6) is 0. The molecule has 3 nitrogen and oxygen atoms in total. The molecule has 4 aromatic rings. The van der Waals surface area contributed by atoms with Gasteiger partial charge in [-0.2, -0.15) is 0 Å². The molecule has 0 spiro atoms. The molecule has 0 aliphatic carbocycles. The summed E-state index contributed by atoms with van der Waals surface area (Å²) in [5.41, 5.74) is 5.71. The molecule has 0 bridgehead atoms. The molecule has 0 unspecified atom stereocenters. The third kappa shape index (κ3) is 3.11. The van der Waals surface area contributed by atoms with E-state index in [1.807, 2.05) is 18.2 Å². The average molecular weight is 341 g/mol. The molecule has 0 saturated heterocycles. The predicted octanol–water partition coefficient (Wildman–Crippen LogP) is 5.88. The van der Waals surface area contributed by atoms with Gasteiger partial charge < -0.3 is 9.32 Å². The van der Waals surface area contributed by atoms with E-state index in [0.29, 0.717) is 5.58 Å². The predicted molar refractivity (Wildman–Crippen MR) is 107 cm³/mol. The SMILES string of the molecule is Cc1ccc(N(c2ccc(C)cc2)c2ccc3ccc(=O)oc3c2)cc1. The summed E-state index contributed by atoms with van der Waals surface area (Å²) >= 11 is 0. The van der Waals surface area contributed by atoms with Gasteiger partial charge >= 0.3 is 5.63 Å². The number of anilines is 3. The quantitative estimate of drug-likeness (QED) is 0.436. The average Bonchev–Trinajstić information content (AvgIpc) is 2.65. The van der Waals surface area contributed by atoms with Gasteiger partial charge in [0.05, 0.1) is 0 Å². The summed E-state index contributed by atoms with van der Waals surface area (Å²) in [6.45, 7) is 4.15. The van der Waals surface area contributed by atoms with E-state index in [2.05, 4.69) is 67.3 Å². The van der Waals surface area contributed by atoms with Crippen LogP contribution < -0.4 is 10.5 Å². The molecule has 0 amide bonds. The van der Waals surface area contributed by atoms with E-state index in [-0.39, 0.29) is 5.63 Å². The topological polar surface area (TPSA) is 33.5 Å². The van der Waals surface area contributed by atoms with Gasteiger partial charge in [0, 0.05) is 34.6 Å². The minimum atomic E-state index is -0.341. The lowest BCUT2D eigenvalue weighted by atomic mass is 10.1. The number of hydrogen-bond donors (Lipinski definition) is 0. The monoisotopic (exact) mass is 341 g/mol. The van der Waals surface area contributed by atoms with Crippen molar-refractivity contribution in [1.82, 2.24) is 0 Å². The van der Waals surface area contributed by atoms with Crippen molar-refractivity contribution in [2.24, 2.45) is 0 Å². The summed E-state index contributed by atoms with van der Waals surface area (Å²) in [5, 5.41) is 0.904. The number of benzene rings is 3. The molecular weight excluding hydrogens is 322 g/mol. The van der Waals surface area contributed by atoms with Crippen molar-refractivity contribution in [2.75, 3.05) is 4.90 Å². The fraction of sp³-hybridized carbons (Fsp3) is 0.0870. The van der Waals surface area contributed by atoms with Gasteiger partial charge in [-0.3, -0.25) is 0 Å². The van der Waals surface area contributed by atoms with Crippen LogP contribution in [0.4, 0.5) is 17.1 Å². The highest BCUT2D eigenvalue weighted by atomic mass is 16.4. The summed E-state index contributed by atoms with van der Waals surface area (Å²) in [7, 11) is 0. The van der Waals surface area contributed by atoms with Crippen molar-refractivity contribution < 1.29 is 4.42 Å². The van der Waals surface area contributed by atoms with Crippen molar-refractivity contribution in [1.29, 1.82) is 0 Å². The molecule has 0 radical (unpaired) electrons. The maximum Gasteiger partial charge on any atom is 0.336 e. The third-order valence-electron chi connectivity index (χ3n) is 4.45. The minimum absolute atomic E-state index is 0.341. The Morgan fingerprint density at radius 3 is 1.73 bits per heavy atom. The van der Waals surface area contributed by atoms with Gasteiger partial charge in [-0.15, -0.1) is 0 Å². The molecule has 0 atom stereocenters. The van der Waals surface area contributed by atoms with Crippen LogP contribution in [0.5, 0.6) is 0 Å². The summed E-state index contributed by atoms with van der Waals surface area (Å²) in [6.07, 6.45) is 0. The Morgan fingerprint density at radius 1 is 0.654 bits per heavy atom. The molecule has 0 N–H and O–H groups in total. The molecule has 3 heteroatoms. The van der Waals surface area contributed by atoms with Crippen molar-refractivity contribution in [3.05, 3.63) is 100 Å². The van der Waals surface area contributed by atoms with Crippen LogP contribution in [-0.2, 0) is 0 Å². The van der Waals surface area contributed by atoms with Gasteiger partial charge in [0.2, 0.25) is 0 Å². The van der Waals surface area contributed by atoms with Crippen LogP contribution in [-0.4, -0.2) is 0 Å². The first-order valence-corrected chi connectivity index (χ1v) is 8.57. The molecule has 4 rings (SSSR count). The zero-order chi connectivity index (χ0) is 18.1. The molecule has 128 valence electrons. The second-order valence-corrected chi connectivity index (χ2v) is 6.48. The zero-order valence-electron chi connectivity index (χ0n) is 14.8. The molecule has 3 aromatic carbocycles. The molecule has 0 fully saturated rings. The Hall–Kier alpha value is -3.33. The second kappa shape index (κ2) is 6.52. The summed E-state index contributed by atoms with van der Waals surface area (Å²) in [6, 6.07) is 25.9. The van der Waals surface area contributed by atoms with Crippen molar-refractivity contribution in [2.45, 2.75) is 13.8 Å². The van der Waals surface area contributed by atoms with Crippen LogP contribution in [0.1, 0.15) is 11.1 Å². The van der Waals surface area contributed by atoms with Gasteiger partial charge in [-0.05, 0) is 56.3 Å². The standard InChI is InChI=1S/C23H19NO2/c1-16-3-9-19(10-4-16)24(20-11-5-17(2)6-12-20)21-13-7-18-8-14-23(25)26-22(18)15-21/h3-15H,1-2H3. The van der Waals surface area contributed by atoms with E-state index in [0.717, 1.165) is 22.4 Å². The van der Waals surface area contributed by atoms with Gasteiger partial charge in [-0.25, -0.2) is 4.79 Å². The number of aryl methyl sites for hydroxylation is 2. The number of hydrogen-bond acceptors (Lipinski definition) is 3. The number of nitrogens with zero attached hydrogens (tertiary/aromatic N) is 1. The van der Waals surface area contributed by atoms with Crippen LogP contribution in [0, 0.1) is 13.8 Å². The normalized spacial score (nSPS) is 10.8. The van der Waals surface area contributed by atoms with Crippen molar-refractivity contribution in [3.8, 4) is 0 Å². The van der Waals surface area contributed by atoms with E-state index in [9.17, 15) is 4.79 Å². The van der Waals surface area contributed by atoms with Crippen LogP contribution in [0.25, 0.3) is 11.0 Å². The highest BCUT2D eigenvalue weighted by molar-refractivity contribution is 5.85. The lowest BCUT2D eigenvalue weighted by Gasteiger charge is -2.25. The Labute approximate surface area is 152 Å². The lowest BCUT2D eigenvalue weighted by molar-refractivity contribution is 0.561. The maximum absolute atomic E-state index is 11.6. The van der Waals surface area contributed by atoms with Crippen LogP contribution in [0.15, 0.2) is 88.1 Å². The lowest BCUT2D eigenvalue weighted by Crippen LogP contribution is -2.10. The summed E-state index contributed by atoms with van der Waals surface area (Å²) < 4.78 is 5.38. The molecule has 0 aliphatic rings. The van der Waals surface area contributed by atoms with E-state index in [4.69, 9.17) is 4.42 Å². The smallest absolute Gasteiger partial charge is 0.336 e. The molecule has 1 heterocycles. The van der Waals surface area contributed by atoms with Crippen LogP contribution >= 0.6 is 0 Å². The highest BCUT2D eigenvalue weighted by Gasteiger charge is 2.13. The van der Waals surface area contributed by atoms with E-state index in [1.54, 1.807) is 6.07 Å². The second-order valence-electron chi connectivity index (χ2n) is 6.48. The first-order valence-electron chi connectivity index (χ1n) is 8.57. The Kier molecular flexibility index (Phi) is 4.05.